The van der Waals surface area contributed by atoms with Crippen LogP contribution in [0.3, 0.4) is 0 Å². The lowest BCUT2D eigenvalue weighted by Gasteiger charge is -2.34. The molecule has 0 aromatic rings. The third kappa shape index (κ3) is 3.55. The maximum Gasteiger partial charge on any atom is 0.330 e. The molecule has 0 bridgehead atoms. The monoisotopic (exact) mass is 283 g/mol. The molecule has 1 fully saturated rings. The molecule has 0 radical (unpaired) electrons. The van der Waals surface area contributed by atoms with Crippen molar-refractivity contribution in [1.82, 2.24) is 15.5 Å². The van der Waals surface area contributed by atoms with E-state index in [0.717, 1.165) is 4.90 Å². The minimum absolute atomic E-state index is 0.0240. The van der Waals surface area contributed by atoms with Crippen molar-refractivity contribution in [3.8, 4) is 0 Å². The lowest BCUT2D eigenvalue weighted by atomic mass is 9.89. The van der Waals surface area contributed by atoms with Crippen molar-refractivity contribution in [2.45, 2.75) is 34.1 Å². The van der Waals surface area contributed by atoms with Gasteiger partial charge in [0.1, 0.15) is 5.41 Å². The standard InChI is InChI=1S/C13H21N3O4/c1-8(2)7-14-9(17)5-6-16-11(19)13(3,4)10(18)15-12(16)20/h8H,5-7H2,1-4H3,(H,14,17)(H,15,18,20). The van der Waals surface area contributed by atoms with Gasteiger partial charge in [0.2, 0.25) is 17.7 Å². The highest BCUT2D eigenvalue weighted by Crippen LogP contribution is 2.23. The number of rotatable bonds is 5. The second-order valence-corrected chi connectivity index (χ2v) is 5.79. The number of hydrogen-bond donors (Lipinski definition) is 2. The van der Waals surface area contributed by atoms with Crippen LogP contribution in [0.25, 0.3) is 0 Å². The molecule has 0 unspecified atom stereocenters. The number of hydrogen-bond acceptors (Lipinski definition) is 4. The molecule has 0 aliphatic carbocycles. The van der Waals surface area contributed by atoms with E-state index in [9.17, 15) is 19.2 Å². The molecule has 112 valence electrons. The van der Waals surface area contributed by atoms with E-state index >= 15 is 0 Å². The maximum atomic E-state index is 12.1. The quantitative estimate of drug-likeness (QED) is 0.707. The molecule has 0 aromatic carbocycles. The van der Waals surface area contributed by atoms with Crippen molar-refractivity contribution >= 4 is 23.8 Å². The molecule has 1 aliphatic heterocycles. The Bertz CT molecular complexity index is 443. The largest absolute Gasteiger partial charge is 0.356 e. The number of amides is 5. The van der Waals surface area contributed by atoms with Crippen LogP contribution in [0.5, 0.6) is 0 Å². The number of barbiturate groups is 1. The summed E-state index contributed by atoms with van der Waals surface area (Å²) in [6, 6.07) is -0.768. The zero-order chi connectivity index (χ0) is 15.5. The van der Waals surface area contributed by atoms with Crippen LogP contribution < -0.4 is 10.6 Å². The summed E-state index contributed by atoms with van der Waals surface area (Å²) >= 11 is 0. The Morgan fingerprint density at radius 1 is 1.30 bits per heavy atom. The van der Waals surface area contributed by atoms with E-state index < -0.39 is 23.3 Å². The first-order valence-corrected chi connectivity index (χ1v) is 6.60. The number of nitrogens with one attached hydrogen (secondary N) is 2. The Labute approximate surface area is 118 Å². The van der Waals surface area contributed by atoms with E-state index in [1.54, 1.807) is 0 Å². The fraction of sp³-hybridized carbons (Fsp3) is 0.692. The lowest BCUT2D eigenvalue weighted by Crippen LogP contribution is -2.62. The van der Waals surface area contributed by atoms with Gasteiger partial charge >= 0.3 is 6.03 Å². The van der Waals surface area contributed by atoms with Crippen molar-refractivity contribution in [3.63, 3.8) is 0 Å². The Morgan fingerprint density at radius 3 is 2.45 bits per heavy atom. The van der Waals surface area contributed by atoms with Gasteiger partial charge in [-0.15, -0.1) is 0 Å². The third-order valence-corrected chi connectivity index (χ3v) is 3.08. The smallest absolute Gasteiger partial charge is 0.330 e. The predicted octanol–water partition coefficient (Wildman–Crippen LogP) is 0.253. The van der Waals surface area contributed by atoms with E-state index in [2.05, 4.69) is 10.6 Å². The van der Waals surface area contributed by atoms with Gasteiger partial charge in [-0.3, -0.25) is 24.6 Å². The second-order valence-electron chi connectivity index (χ2n) is 5.79. The molecular weight excluding hydrogens is 262 g/mol. The molecule has 1 aliphatic rings. The van der Waals surface area contributed by atoms with E-state index in [1.807, 2.05) is 13.8 Å². The van der Waals surface area contributed by atoms with Crippen LogP contribution in [0.1, 0.15) is 34.1 Å². The molecule has 5 amide bonds. The zero-order valence-electron chi connectivity index (χ0n) is 12.3. The number of carbonyl (C=O) groups is 4. The summed E-state index contributed by atoms with van der Waals surface area (Å²) < 4.78 is 0. The maximum absolute atomic E-state index is 12.1. The lowest BCUT2D eigenvalue weighted by molar-refractivity contribution is -0.149. The number of nitrogens with zero attached hydrogens (tertiary/aromatic N) is 1. The van der Waals surface area contributed by atoms with Gasteiger partial charge in [-0.05, 0) is 19.8 Å². The molecule has 1 saturated heterocycles. The van der Waals surface area contributed by atoms with Crippen molar-refractivity contribution in [3.05, 3.63) is 0 Å². The first kappa shape index (κ1) is 16.1. The fourth-order valence-electron chi connectivity index (χ4n) is 1.67. The Hall–Kier alpha value is -1.92. The van der Waals surface area contributed by atoms with E-state index in [-0.39, 0.29) is 18.9 Å². The van der Waals surface area contributed by atoms with Gasteiger partial charge in [-0.25, -0.2) is 4.79 Å². The average Bonchev–Trinajstić information content (AvgIpc) is 2.34. The third-order valence-electron chi connectivity index (χ3n) is 3.08. The normalized spacial score (nSPS) is 18.2. The molecule has 1 rings (SSSR count). The summed E-state index contributed by atoms with van der Waals surface area (Å²) in [6.07, 6.45) is 0.0240. The first-order chi connectivity index (χ1) is 9.16. The van der Waals surface area contributed by atoms with Gasteiger partial charge in [0.25, 0.3) is 0 Å². The molecule has 2 N–H and O–H groups in total. The minimum atomic E-state index is -1.29. The molecule has 0 saturated carbocycles. The minimum Gasteiger partial charge on any atom is -0.356 e. The van der Waals surface area contributed by atoms with Gasteiger partial charge in [-0.1, -0.05) is 13.8 Å². The van der Waals surface area contributed by atoms with Crippen LogP contribution >= 0.6 is 0 Å². The van der Waals surface area contributed by atoms with Gasteiger partial charge < -0.3 is 5.32 Å². The summed E-state index contributed by atoms with van der Waals surface area (Å²) in [6.45, 7) is 7.34. The van der Waals surface area contributed by atoms with Crippen molar-refractivity contribution in [2.75, 3.05) is 13.1 Å². The van der Waals surface area contributed by atoms with Crippen LogP contribution in [0.4, 0.5) is 4.79 Å². The summed E-state index contributed by atoms with van der Waals surface area (Å²) in [5.74, 6) is -1.10. The molecule has 1 heterocycles. The van der Waals surface area contributed by atoms with E-state index in [4.69, 9.17) is 0 Å². The Morgan fingerprint density at radius 2 is 1.90 bits per heavy atom. The highest BCUT2D eigenvalue weighted by atomic mass is 16.2. The number of urea groups is 1. The molecule has 7 nitrogen and oxygen atoms in total. The van der Waals surface area contributed by atoms with E-state index in [1.165, 1.54) is 13.8 Å². The summed E-state index contributed by atoms with van der Waals surface area (Å²) in [7, 11) is 0. The van der Waals surface area contributed by atoms with Gasteiger partial charge in [0.15, 0.2) is 0 Å². The van der Waals surface area contributed by atoms with Crippen molar-refractivity contribution in [1.29, 1.82) is 0 Å². The van der Waals surface area contributed by atoms with Gasteiger partial charge in [0.05, 0.1) is 0 Å². The highest BCUT2D eigenvalue weighted by Gasteiger charge is 2.46. The summed E-state index contributed by atoms with van der Waals surface area (Å²) in [5, 5.41) is 4.82. The van der Waals surface area contributed by atoms with Gasteiger partial charge in [-0.2, -0.15) is 0 Å². The number of carbonyl (C=O) groups excluding carboxylic acids is 4. The second kappa shape index (κ2) is 6.02. The molecule has 0 spiro atoms. The fourth-order valence-corrected chi connectivity index (χ4v) is 1.67. The van der Waals surface area contributed by atoms with Gasteiger partial charge in [0, 0.05) is 19.5 Å². The topological polar surface area (TPSA) is 95.6 Å². The van der Waals surface area contributed by atoms with Crippen LogP contribution in [-0.4, -0.2) is 41.7 Å². The Balaban J connectivity index is 2.59. The van der Waals surface area contributed by atoms with Crippen LogP contribution in [0, 0.1) is 11.3 Å². The van der Waals surface area contributed by atoms with Crippen molar-refractivity contribution < 1.29 is 19.2 Å². The van der Waals surface area contributed by atoms with Crippen molar-refractivity contribution in [2.24, 2.45) is 11.3 Å². The molecule has 0 aromatic heterocycles. The first-order valence-electron chi connectivity index (χ1n) is 6.60. The van der Waals surface area contributed by atoms with Crippen LogP contribution in [0.15, 0.2) is 0 Å². The molecule has 7 heteroatoms. The molecule has 0 atom stereocenters. The highest BCUT2D eigenvalue weighted by molar-refractivity contribution is 6.18. The Kier molecular flexibility index (Phi) is 4.86. The zero-order valence-corrected chi connectivity index (χ0v) is 12.3. The molecular formula is C13H21N3O4. The summed E-state index contributed by atoms with van der Waals surface area (Å²) in [4.78, 5) is 47.7. The number of imide groups is 2. The van der Waals surface area contributed by atoms with E-state index in [0.29, 0.717) is 12.5 Å². The summed E-state index contributed by atoms with van der Waals surface area (Å²) in [5.41, 5.74) is -1.29. The van der Waals surface area contributed by atoms with Crippen LogP contribution in [-0.2, 0) is 14.4 Å². The van der Waals surface area contributed by atoms with Crippen LogP contribution in [0.2, 0.25) is 0 Å². The molecule has 20 heavy (non-hydrogen) atoms. The average molecular weight is 283 g/mol. The predicted molar refractivity (Wildman–Crippen MR) is 71.5 cm³/mol. The SMILES string of the molecule is CC(C)CNC(=O)CCN1C(=O)NC(=O)C(C)(C)C1=O.